The second-order valence-corrected chi connectivity index (χ2v) is 3.36. The molecule has 0 aliphatic rings. The highest BCUT2D eigenvalue weighted by molar-refractivity contribution is 5.85. The van der Waals surface area contributed by atoms with Crippen molar-refractivity contribution in [2.75, 3.05) is 0 Å². The van der Waals surface area contributed by atoms with Gasteiger partial charge in [-0.05, 0) is 19.9 Å². The third kappa shape index (κ3) is 1.65. The Kier molecular flexibility index (Phi) is 2.40. The predicted octanol–water partition coefficient (Wildman–Crippen LogP) is 0.977. The zero-order valence-electron chi connectivity index (χ0n) is 8.88. The van der Waals surface area contributed by atoms with E-state index in [1.807, 2.05) is 13.8 Å². The first kappa shape index (κ1) is 10.3. The molecule has 2 rings (SSSR count). The summed E-state index contributed by atoms with van der Waals surface area (Å²) in [7, 11) is 0. The van der Waals surface area contributed by atoms with Gasteiger partial charge in [-0.3, -0.25) is 0 Å². The van der Waals surface area contributed by atoms with E-state index in [-0.39, 0.29) is 5.69 Å². The quantitative estimate of drug-likeness (QED) is 0.812. The van der Waals surface area contributed by atoms with Gasteiger partial charge in [-0.2, -0.15) is 5.10 Å². The Bertz CT molecular complexity index is 548. The molecule has 0 aliphatic heterocycles. The van der Waals surface area contributed by atoms with Gasteiger partial charge in [-0.25, -0.2) is 19.4 Å². The molecule has 6 nitrogen and oxygen atoms in total. The smallest absolute Gasteiger partial charge is 0.356 e. The Hall–Kier alpha value is -2.24. The molecule has 0 unspecified atom stereocenters. The summed E-state index contributed by atoms with van der Waals surface area (Å²) in [5.74, 6) is -0.456. The molecule has 6 heteroatoms. The van der Waals surface area contributed by atoms with Gasteiger partial charge in [0.15, 0.2) is 11.5 Å². The summed E-state index contributed by atoms with van der Waals surface area (Å²) in [6.07, 6.45) is 3.00. The fourth-order valence-corrected chi connectivity index (χ4v) is 1.31. The molecule has 0 atom stereocenters. The SMILES string of the molecule is Cc1ncnc(-n2ccc(C(=O)O)n2)c1C. The molecular weight excluding hydrogens is 208 g/mol. The number of nitrogens with zero attached hydrogens (tertiary/aromatic N) is 4. The molecule has 2 aromatic rings. The first-order valence-corrected chi connectivity index (χ1v) is 4.67. The third-order valence-electron chi connectivity index (χ3n) is 2.33. The fraction of sp³-hybridized carbons (Fsp3) is 0.200. The number of aryl methyl sites for hydroxylation is 1. The summed E-state index contributed by atoms with van der Waals surface area (Å²) in [6, 6.07) is 1.43. The second kappa shape index (κ2) is 3.73. The normalized spacial score (nSPS) is 10.4. The van der Waals surface area contributed by atoms with Crippen LogP contribution in [0.2, 0.25) is 0 Å². The summed E-state index contributed by atoms with van der Waals surface area (Å²) in [5, 5.41) is 12.7. The average molecular weight is 218 g/mol. The lowest BCUT2D eigenvalue weighted by Crippen LogP contribution is -2.06. The molecule has 0 radical (unpaired) electrons. The van der Waals surface area contributed by atoms with Crippen LogP contribution in [-0.4, -0.2) is 30.8 Å². The zero-order chi connectivity index (χ0) is 11.7. The van der Waals surface area contributed by atoms with Gasteiger partial charge in [-0.1, -0.05) is 0 Å². The van der Waals surface area contributed by atoms with Crippen molar-refractivity contribution in [1.29, 1.82) is 0 Å². The lowest BCUT2D eigenvalue weighted by Gasteiger charge is -2.05. The minimum atomic E-state index is -1.05. The van der Waals surface area contributed by atoms with E-state index in [9.17, 15) is 4.79 Å². The molecule has 82 valence electrons. The molecule has 16 heavy (non-hydrogen) atoms. The highest BCUT2D eigenvalue weighted by Crippen LogP contribution is 2.12. The van der Waals surface area contributed by atoms with Gasteiger partial charge in [0, 0.05) is 17.5 Å². The van der Waals surface area contributed by atoms with Crippen molar-refractivity contribution in [2.24, 2.45) is 0 Å². The van der Waals surface area contributed by atoms with Gasteiger partial charge in [0.2, 0.25) is 0 Å². The standard InChI is InChI=1S/C10H10N4O2/c1-6-7(2)11-5-12-9(6)14-4-3-8(13-14)10(15)16/h3-5H,1-2H3,(H,15,16). The van der Waals surface area contributed by atoms with Gasteiger partial charge in [0.05, 0.1) is 0 Å². The van der Waals surface area contributed by atoms with Crippen molar-refractivity contribution in [3.8, 4) is 5.82 Å². The van der Waals surface area contributed by atoms with E-state index >= 15 is 0 Å². The minimum absolute atomic E-state index is 0.00401. The fourth-order valence-electron chi connectivity index (χ4n) is 1.31. The molecule has 0 amide bonds. The first-order valence-electron chi connectivity index (χ1n) is 4.67. The summed E-state index contributed by atoms with van der Waals surface area (Å²) in [4.78, 5) is 18.8. The molecular formula is C10H10N4O2. The van der Waals surface area contributed by atoms with Crippen LogP contribution in [0.25, 0.3) is 5.82 Å². The van der Waals surface area contributed by atoms with Crippen LogP contribution in [0.3, 0.4) is 0 Å². The molecule has 0 aromatic carbocycles. The van der Waals surface area contributed by atoms with Crippen molar-refractivity contribution >= 4 is 5.97 Å². The Morgan fingerprint density at radius 1 is 1.38 bits per heavy atom. The maximum absolute atomic E-state index is 10.7. The van der Waals surface area contributed by atoms with Crippen molar-refractivity contribution < 1.29 is 9.90 Å². The van der Waals surface area contributed by atoms with E-state index in [1.54, 1.807) is 6.20 Å². The van der Waals surface area contributed by atoms with Gasteiger partial charge in [0.25, 0.3) is 0 Å². The van der Waals surface area contributed by atoms with Gasteiger partial charge in [-0.15, -0.1) is 0 Å². The first-order chi connectivity index (χ1) is 7.59. The number of hydrogen-bond acceptors (Lipinski definition) is 4. The van der Waals surface area contributed by atoms with E-state index in [0.717, 1.165) is 11.3 Å². The molecule has 1 N–H and O–H groups in total. The van der Waals surface area contributed by atoms with Crippen LogP contribution in [-0.2, 0) is 0 Å². The Balaban J connectivity index is 2.50. The highest BCUT2D eigenvalue weighted by atomic mass is 16.4. The molecule has 0 saturated heterocycles. The van der Waals surface area contributed by atoms with Crippen LogP contribution in [0.5, 0.6) is 0 Å². The van der Waals surface area contributed by atoms with Crippen molar-refractivity contribution in [3.63, 3.8) is 0 Å². The van der Waals surface area contributed by atoms with Crippen LogP contribution in [0, 0.1) is 13.8 Å². The highest BCUT2D eigenvalue weighted by Gasteiger charge is 2.10. The van der Waals surface area contributed by atoms with Crippen LogP contribution in [0.4, 0.5) is 0 Å². The topological polar surface area (TPSA) is 80.9 Å². The number of carboxylic acid groups (broad SMARTS) is 1. The van der Waals surface area contributed by atoms with Crippen LogP contribution in [0.15, 0.2) is 18.6 Å². The molecule has 2 aromatic heterocycles. The van der Waals surface area contributed by atoms with Crippen LogP contribution < -0.4 is 0 Å². The largest absolute Gasteiger partial charge is 0.476 e. The summed E-state index contributed by atoms with van der Waals surface area (Å²) < 4.78 is 1.44. The van der Waals surface area contributed by atoms with Crippen molar-refractivity contribution in [1.82, 2.24) is 19.7 Å². The molecule has 0 spiro atoms. The molecule has 0 saturated carbocycles. The maximum atomic E-state index is 10.7. The number of hydrogen-bond donors (Lipinski definition) is 1. The molecule has 0 fully saturated rings. The van der Waals surface area contributed by atoms with E-state index in [0.29, 0.717) is 5.82 Å². The second-order valence-electron chi connectivity index (χ2n) is 3.36. The van der Waals surface area contributed by atoms with Crippen LogP contribution >= 0.6 is 0 Å². The van der Waals surface area contributed by atoms with Gasteiger partial charge >= 0.3 is 5.97 Å². The van der Waals surface area contributed by atoms with Crippen LogP contribution in [0.1, 0.15) is 21.7 Å². The average Bonchev–Trinajstić information content (AvgIpc) is 2.71. The Morgan fingerprint density at radius 2 is 2.12 bits per heavy atom. The van der Waals surface area contributed by atoms with E-state index < -0.39 is 5.97 Å². The molecule has 0 bridgehead atoms. The van der Waals surface area contributed by atoms with E-state index in [4.69, 9.17) is 5.11 Å². The molecule has 0 aliphatic carbocycles. The Morgan fingerprint density at radius 3 is 2.75 bits per heavy atom. The van der Waals surface area contributed by atoms with E-state index in [2.05, 4.69) is 15.1 Å². The number of carbonyl (C=O) groups is 1. The summed E-state index contributed by atoms with van der Waals surface area (Å²) >= 11 is 0. The van der Waals surface area contributed by atoms with Crippen molar-refractivity contribution in [3.05, 3.63) is 35.5 Å². The zero-order valence-corrected chi connectivity index (χ0v) is 8.88. The van der Waals surface area contributed by atoms with Gasteiger partial charge in [0.1, 0.15) is 6.33 Å². The van der Waals surface area contributed by atoms with E-state index in [1.165, 1.54) is 17.1 Å². The minimum Gasteiger partial charge on any atom is -0.476 e. The monoisotopic (exact) mass is 218 g/mol. The lowest BCUT2D eigenvalue weighted by molar-refractivity contribution is 0.0690. The number of aromatic carboxylic acids is 1. The lowest BCUT2D eigenvalue weighted by atomic mass is 10.2. The molecule has 2 heterocycles. The summed E-state index contributed by atoms with van der Waals surface area (Å²) in [5.41, 5.74) is 1.72. The van der Waals surface area contributed by atoms with Gasteiger partial charge < -0.3 is 5.11 Å². The predicted molar refractivity (Wildman–Crippen MR) is 55.6 cm³/mol. The number of rotatable bonds is 2. The van der Waals surface area contributed by atoms with Crippen molar-refractivity contribution in [2.45, 2.75) is 13.8 Å². The number of aromatic nitrogens is 4. The Labute approximate surface area is 91.6 Å². The summed E-state index contributed by atoms with van der Waals surface area (Å²) in [6.45, 7) is 3.73. The maximum Gasteiger partial charge on any atom is 0.356 e. The number of carboxylic acids is 1. The third-order valence-corrected chi connectivity index (χ3v) is 2.33.